The van der Waals surface area contributed by atoms with Gasteiger partial charge in [-0.1, -0.05) is 34.8 Å². The van der Waals surface area contributed by atoms with Gasteiger partial charge >= 0.3 is 10.1 Å². The van der Waals surface area contributed by atoms with Crippen LogP contribution >= 0.6 is 34.8 Å². The van der Waals surface area contributed by atoms with E-state index in [-0.39, 0.29) is 5.16 Å². The maximum atomic E-state index is 11.5. The zero-order chi connectivity index (χ0) is 11.7. The number of alkyl halides is 3. The molecule has 5 nitrogen and oxygen atoms in total. The highest BCUT2D eigenvalue weighted by molar-refractivity contribution is 7.86. The maximum absolute atomic E-state index is 11.5. The second kappa shape index (κ2) is 4.47. The van der Waals surface area contributed by atoms with Crippen LogP contribution in [0.1, 0.15) is 0 Å². The second-order valence-electron chi connectivity index (χ2n) is 2.65. The van der Waals surface area contributed by atoms with Crippen molar-refractivity contribution in [1.82, 2.24) is 9.55 Å². The summed E-state index contributed by atoms with van der Waals surface area (Å²) in [4.78, 5) is 3.61. The molecule has 1 rings (SSSR count). The highest BCUT2D eigenvalue weighted by Crippen LogP contribution is 2.27. The summed E-state index contributed by atoms with van der Waals surface area (Å²) in [5, 5.41) is -0.239. The molecule has 0 saturated carbocycles. The standard InChI is InChI=1S/C6H7Cl3N2O3S/c1-11-3-2-10-5(11)15(12,13)14-4-6(7,8)9/h2-3H,4H2,1H3. The molecular weight excluding hydrogens is 287 g/mol. The summed E-state index contributed by atoms with van der Waals surface area (Å²) in [6.07, 6.45) is 2.79. The molecule has 0 bridgehead atoms. The number of nitrogens with zero attached hydrogens (tertiary/aromatic N) is 2. The third kappa shape index (κ3) is 3.81. The first-order valence-corrected chi connectivity index (χ1v) is 6.20. The van der Waals surface area contributed by atoms with Crippen molar-refractivity contribution in [2.24, 2.45) is 7.05 Å². The van der Waals surface area contributed by atoms with E-state index in [1.807, 2.05) is 0 Å². The fourth-order valence-corrected chi connectivity index (χ4v) is 2.19. The van der Waals surface area contributed by atoms with E-state index >= 15 is 0 Å². The predicted octanol–water partition coefficient (Wildman–Crippen LogP) is 1.50. The van der Waals surface area contributed by atoms with Crippen LogP contribution < -0.4 is 0 Å². The summed E-state index contributed by atoms with van der Waals surface area (Å²) in [6.45, 7) is -0.563. The van der Waals surface area contributed by atoms with Crippen molar-refractivity contribution in [1.29, 1.82) is 0 Å². The zero-order valence-corrected chi connectivity index (χ0v) is 10.6. The average Bonchev–Trinajstić information content (AvgIpc) is 2.47. The summed E-state index contributed by atoms with van der Waals surface area (Å²) < 4.78 is 27.0. The van der Waals surface area contributed by atoms with E-state index in [0.29, 0.717) is 0 Å². The van der Waals surface area contributed by atoms with Gasteiger partial charge in [-0.05, 0) is 0 Å². The number of rotatable bonds is 3. The van der Waals surface area contributed by atoms with E-state index in [0.717, 1.165) is 0 Å². The first-order chi connectivity index (χ1) is 6.72. The Kier molecular flexibility index (Phi) is 3.89. The molecule has 0 fully saturated rings. The van der Waals surface area contributed by atoms with E-state index < -0.39 is 20.5 Å². The summed E-state index contributed by atoms with van der Waals surface area (Å²) in [6, 6.07) is 0. The van der Waals surface area contributed by atoms with Gasteiger partial charge in [-0.25, -0.2) is 4.98 Å². The van der Waals surface area contributed by atoms with Gasteiger partial charge in [0.1, 0.15) is 6.61 Å². The largest absolute Gasteiger partial charge is 0.331 e. The Morgan fingerprint density at radius 1 is 1.53 bits per heavy atom. The van der Waals surface area contributed by atoms with Crippen LogP contribution in [0.25, 0.3) is 0 Å². The Morgan fingerprint density at radius 3 is 2.53 bits per heavy atom. The fraction of sp³-hybridized carbons (Fsp3) is 0.500. The number of aryl methyl sites for hydroxylation is 1. The fourth-order valence-electron chi connectivity index (χ4n) is 0.790. The van der Waals surface area contributed by atoms with Gasteiger partial charge < -0.3 is 4.57 Å². The highest BCUT2D eigenvalue weighted by Gasteiger charge is 2.27. The molecule has 0 unspecified atom stereocenters. The molecule has 0 atom stereocenters. The van der Waals surface area contributed by atoms with Gasteiger partial charge in [0.15, 0.2) is 0 Å². The smallest absolute Gasteiger partial charge is 0.323 e. The van der Waals surface area contributed by atoms with Gasteiger partial charge in [0.25, 0.3) is 5.16 Å². The minimum Gasteiger partial charge on any atom is -0.323 e. The topological polar surface area (TPSA) is 61.2 Å². The molecule has 9 heteroatoms. The summed E-state index contributed by atoms with van der Waals surface area (Å²) in [7, 11) is -2.47. The quantitative estimate of drug-likeness (QED) is 0.626. The molecule has 0 spiro atoms. The number of hydrogen-bond donors (Lipinski definition) is 0. The van der Waals surface area contributed by atoms with E-state index in [9.17, 15) is 8.42 Å². The monoisotopic (exact) mass is 292 g/mol. The van der Waals surface area contributed by atoms with E-state index in [1.54, 1.807) is 0 Å². The van der Waals surface area contributed by atoms with Crippen molar-refractivity contribution >= 4 is 44.9 Å². The Morgan fingerprint density at radius 2 is 2.13 bits per heavy atom. The third-order valence-electron chi connectivity index (χ3n) is 1.38. The summed E-state index contributed by atoms with van der Waals surface area (Å²) in [5.74, 6) is 0. The third-order valence-corrected chi connectivity index (χ3v) is 2.97. The van der Waals surface area contributed by atoms with Crippen LogP contribution in [0.15, 0.2) is 17.6 Å². The molecular formula is C6H7Cl3N2O3S. The van der Waals surface area contributed by atoms with Gasteiger partial charge in [0.05, 0.1) is 0 Å². The Bertz CT molecular complexity index is 437. The van der Waals surface area contributed by atoms with Crippen molar-refractivity contribution in [3.63, 3.8) is 0 Å². The van der Waals surface area contributed by atoms with Gasteiger partial charge in [-0.3, -0.25) is 4.18 Å². The number of halogens is 3. The molecule has 86 valence electrons. The molecule has 0 aliphatic rings. The number of imidazole rings is 1. The molecule has 0 saturated heterocycles. The predicted molar refractivity (Wildman–Crippen MR) is 56.6 cm³/mol. The van der Waals surface area contributed by atoms with E-state index in [2.05, 4.69) is 9.17 Å². The molecule has 0 N–H and O–H groups in total. The van der Waals surface area contributed by atoms with Gasteiger partial charge in [-0.2, -0.15) is 8.42 Å². The minimum absolute atomic E-state index is 0.239. The lowest BCUT2D eigenvalue weighted by atomic mass is 10.9. The molecule has 0 radical (unpaired) electrons. The lowest BCUT2D eigenvalue weighted by Crippen LogP contribution is -2.19. The van der Waals surface area contributed by atoms with Crippen LogP contribution in [0.3, 0.4) is 0 Å². The zero-order valence-electron chi connectivity index (χ0n) is 7.52. The summed E-state index contributed by atoms with van der Waals surface area (Å²) >= 11 is 16.1. The minimum atomic E-state index is -3.98. The summed E-state index contributed by atoms with van der Waals surface area (Å²) in [5.41, 5.74) is 0. The average molecular weight is 294 g/mol. The van der Waals surface area contributed by atoms with Crippen molar-refractivity contribution in [2.75, 3.05) is 6.61 Å². The SMILES string of the molecule is Cn1ccnc1S(=O)(=O)OCC(Cl)(Cl)Cl. The molecule has 1 aromatic heterocycles. The Labute approximate surface area is 102 Å². The lowest BCUT2D eigenvalue weighted by Gasteiger charge is -2.10. The van der Waals surface area contributed by atoms with Crippen LogP contribution in [0.5, 0.6) is 0 Å². The lowest BCUT2D eigenvalue weighted by molar-refractivity contribution is 0.320. The van der Waals surface area contributed by atoms with Gasteiger partial charge in [-0.15, -0.1) is 0 Å². The first kappa shape index (κ1) is 13.1. The number of hydrogen-bond acceptors (Lipinski definition) is 4. The van der Waals surface area contributed by atoms with Crippen LogP contribution in [0.2, 0.25) is 0 Å². The first-order valence-electron chi connectivity index (χ1n) is 3.66. The molecule has 1 aromatic rings. The van der Waals surface area contributed by atoms with Crippen molar-refractivity contribution in [3.8, 4) is 0 Å². The number of aromatic nitrogens is 2. The molecule has 0 aliphatic carbocycles. The Hall–Kier alpha value is -0.0100. The maximum Gasteiger partial charge on any atom is 0.331 e. The normalized spacial score (nSPS) is 13.1. The van der Waals surface area contributed by atoms with Crippen molar-refractivity contribution in [3.05, 3.63) is 12.4 Å². The van der Waals surface area contributed by atoms with Crippen molar-refractivity contribution < 1.29 is 12.6 Å². The molecule has 1 heterocycles. The van der Waals surface area contributed by atoms with Crippen molar-refractivity contribution in [2.45, 2.75) is 8.95 Å². The van der Waals surface area contributed by atoms with Gasteiger partial charge in [0.2, 0.25) is 3.79 Å². The second-order valence-corrected chi connectivity index (χ2v) is 6.68. The molecule has 0 amide bonds. The molecule has 0 aliphatic heterocycles. The van der Waals surface area contributed by atoms with Crippen LogP contribution in [0, 0.1) is 0 Å². The van der Waals surface area contributed by atoms with E-state index in [1.165, 1.54) is 24.0 Å². The van der Waals surface area contributed by atoms with Crippen LogP contribution in [0.4, 0.5) is 0 Å². The molecule has 15 heavy (non-hydrogen) atoms. The van der Waals surface area contributed by atoms with E-state index in [4.69, 9.17) is 34.8 Å². The Balaban J connectivity index is 2.82. The highest BCUT2D eigenvalue weighted by atomic mass is 35.6. The van der Waals surface area contributed by atoms with Crippen LogP contribution in [-0.2, 0) is 21.3 Å². The van der Waals surface area contributed by atoms with Crippen LogP contribution in [-0.4, -0.2) is 28.4 Å². The molecule has 0 aromatic carbocycles. The van der Waals surface area contributed by atoms with Gasteiger partial charge in [0, 0.05) is 19.4 Å².